The second kappa shape index (κ2) is 6.21. The van der Waals surface area contributed by atoms with Crippen LogP contribution in [-0.4, -0.2) is 11.9 Å². The van der Waals surface area contributed by atoms with E-state index in [2.05, 4.69) is 57.3 Å². The van der Waals surface area contributed by atoms with Crippen LogP contribution in [-0.2, 0) is 10.2 Å². The number of rotatable bonds is 6. The summed E-state index contributed by atoms with van der Waals surface area (Å²) in [6, 6.07) is 10.8. The molecular formula is C19H29NO. The fraction of sp³-hybridized carbons (Fsp3) is 0.632. The highest BCUT2D eigenvalue weighted by molar-refractivity contribution is 5.83. The maximum atomic E-state index is 12.5. The summed E-state index contributed by atoms with van der Waals surface area (Å²) in [5.74, 6) is 0.271. The van der Waals surface area contributed by atoms with E-state index < -0.39 is 0 Å². The standard InChI is InChI=1S/C19H29NO/c1-5-19(12-9-13-19)17(21)20-15(2)14-18(3,4)16-10-7-6-8-11-16/h6-8,10-11,15H,5,9,12-14H2,1-4H3,(H,20,21)/t15-/m0/s1. The Morgan fingerprint density at radius 2 is 1.90 bits per heavy atom. The normalized spacial score (nSPS) is 18.7. The van der Waals surface area contributed by atoms with Crippen molar-refractivity contribution in [2.45, 2.75) is 71.3 Å². The minimum absolute atomic E-state index is 0.0643. The summed E-state index contributed by atoms with van der Waals surface area (Å²) in [5.41, 5.74) is 1.35. The molecule has 0 spiro atoms. The van der Waals surface area contributed by atoms with Crippen molar-refractivity contribution >= 4 is 5.91 Å². The Labute approximate surface area is 129 Å². The van der Waals surface area contributed by atoms with Crippen molar-refractivity contribution in [1.82, 2.24) is 5.32 Å². The van der Waals surface area contributed by atoms with Crippen LogP contribution in [0.4, 0.5) is 0 Å². The predicted octanol–water partition coefficient (Wildman–Crippen LogP) is 4.44. The van der Waals surface area contributed by atoms with Crippen LogP contribution in [0.1, 0.15) is 65.4 Å². The minimum Gasteiger partial charge on any atom is -0.353 e. The summed E-state index contributed by atoms with van der Waals surface area (Å²) >= 11 is 0. The molecular weight excluding hydrogens is 258 g/mol. The Hall–Kier alpha value is -1.31. The number of carbonyl (C=O) groups is 1. The molecule has 0 saturated heterocycles. The largest absolute Gasteiger partial charge is 0.353 e. The quantitative estimate of drug-likeness (QED) is 0.823. The SMILES string of the molecule is CCC1(C(=O)N[C@@H](C)CC(C)(C)c2ccccc2)CCC1. The summed E-state index contributed by atoms with van der Waals surface area (Å²) < 4.78 is 0. The van der Waals surface area contributed by atoms with Crippen LogP contribution in [0.25, 0.3) is 0 Å². The second-order valence-electron chi connectivity index (χ2n) is 7.32. The lowest BCUT2D eigenvalue weighted by molar-refractivity contribution is -0.137. The third kappa shape index (κ3) is 3.48. The molecule has 0 radical (unpaired) electrons. The highest BCUT2D eigenvalue weighted by Crippen LogP contribution is 2.44. The summed E-state index contributed by atoms with van der Waals surface area (Å²) in [7, 11) is 0. The van der Waals surface area contributed by atoms with Gasteiger partial charge in [0.1, 0.15) is 0 Å². The fourth-order valence-electron chi connectivity index (χ4n) is 3.55. The first kappa shape index (κ1) is 16.1. The molecule has 1 aromatic carbocycles. The molecule has 1 fully saturated rings. The number of carbonyl (C=O) groups excluding carboxylic acids is 1. The molecule has 0 aliphatic heterocycles. The van der Waals surface area contributed by atoms with E-state index >= 15 is 0 Å². The van der Waals surface area contributed by atoms with Crippen LogP contribution < -0.4 is 5.32 Å². The zero-order valence-electron chi connectivity index (χ0n) is 13.9. The van der Waals surface area contributed by atoms with Gasteiger partial charge in [-0.1, -0.05) is 57.5 Å². The molecule has 116 valence electrons. The highest BCUT2D eigenvalue weighted by atomic mass is 16.2. The molecule has 0 bridgehead atoms. The maximum absolute atomic E-state index is 12.5. The van der Waals surface area contributed by atoms with Crippen LogP contribution in [0.2, 0.25) is 0 Å². The van der Waals surface area contributed by atoms with Crippen LogP contribution in [0.3, 0.4) is 0 Å². The minimum atomic E-state index is -0.0643. The Kier molecular flexibility index (Phi) is 4.75. The van der Waals surface area contributed by atoms with Gasteiger partial charge in [-0.3, -0.25) is 4.79 Å². The monoisotopic (exact) mass is 287 g/mol. The molecule has 1 atom stereocenters. The first-order chi connectivity index (χ1) is 9.89. The van der Waals surface area contributed by atoms with Gasteiger partial charge in [-0.05, 0) is 43.6 Å². The molecule has 2 heteroatoms. The zero-order valence-corrected chi connectivity index (χ0v) is 13.9. The first-order valence-corrected chi connectivity index (χ1v) is 8.26. The van der Waals surface area contributed by atoms with Gasteiger partial charge in [0.25, 0.3) is 0 Å². The van der Waals surface area contributed by atoms with Gasteiger partial charge in [0, 0.05) is 11.5 Å². The fourth-order valence-corrected chi connectivity index (χ4v) is 3.55. The smallest absolute Gasteiger partial charge is 0.226 e. The Morgan fingerprint density at radius 3 is 2.38 bits per heavy atom. The number of hydrogen-bond donors (Lipinski definition) is 1. The van der Waals surface area contributed by atoms with Gasteiger partial charge in [0.05, 0.1) is 0 Å². The Balaban J connectivity index is 1.95. The molecule has 2 nitrogen and oxygen atoms in total. The van der Waals surface area contributed by atoms with Crippen molar-refractivity contribution in [2.75, 3.05) is 0 Å². The van der Waals surface area contributed by atoms with E-state index in [-0.39, 0.29) is 22.8 Å². The van der Waals surface area contributed by atoms with E-state index in [9.17, 15) is 4.79 Å². The molecule has 1 aromatic rings. The summed E-state index contributed by atoms with van der Waals surface area (Å²) in [6.45, 7) is 8.77. The molecule has 0 aromatic heterocycles. The van der Waals surface area contributed by atoms with E-state index in [1.807, 2.05) is 6.07 Å². The van der Waals surface area contributed by atoms with Crippen LogP contribution in [0.15, 0.2) is 30.3 Å². The number of benzene rings is 1. The van der Waals surface area contributed by atoms with Crippen molar-refractivity contribution in [3.8, 4) is 0 Å². The zero-order chi connectivity index (χ0) is 15.5. The van der Waals surface area contributed by atoms with Crippen LogP contribution in [0, 0.1) is 5.41 Å². The average Bonchev–Trinajstić information content (AvgIpc) is 2.38. The first-order valence-electron chi connectivity index (χ1n) is 8.26. The molecule has 0 heterocycles. The van der Waals surface area contributed by atoms with Gasteiger partial charge in [-0.2, -0.15) is 0 Å². The van der Waals surface area contributed by atoms with E-state index in [1.54, 1.807) is 0 Å². The van der Waals surface area contributed by atoms with Gasteiger partial charge < -0.3 is 5.32 Å². The lowest BCUT2D eigenvalue weighted by Gasteiger charge is -2.41. The molecule has 1 aliphatic rings. The molecule has 21 heavy (non-hydrogen) atoms. The van der Waals surface area contributed by atoms with E-state index in [1.165, 1.54) is 12.0 Å². The molecule has 0 unspecified atom stereocenters. The molecule has 1 aliphatic carbocycles. The summed E-state index contributed by atoms with van der Waals surface area (Å²) in [5, 5.41) is 3.26. The second-order valence-corrected chi connectivity index (χ2v) is 7.32. The highest BCUT2D eigenvalue weighted by Gasteiger charge is 2.42. The van der Waals surface area contributed by atoms with E-state index in [0.717, 1.165) is 25.7 Å². The Morgan fingerprint density at radius 1 is 1.29 bits per heavy atom. The van der Waals surface area contributed by atoms with Crippen molar-refractivity contribution in [2.24, 2.45) is 5.41 Å². The molecule has 1 saturated carbocycles. The van der Waals surface area contributed by atoms with Crippen LogP contribution >= 0.6 is 0 Å². The molecule has 2 rings (SSSR count). The topological polar surface area (TPSA) is 29.1 Å². The number of hydrogen-bond acceptors (Lipinski definition) is 1. The van der Waals surface area contributed by atoms with Gasteiger partial charge in [0.2, 0.25) is 5.91 Å². The van der Waals surface area contributed by atoms with Crippen molar-refractivity contribution < 1.29 is 4.79 Å². The third-order valence-corrected chi connectivity index (χ3v) is 5.22. The molecule has 1 N–H and O–H groups in total. The lowest BCUT2D eigenvalue weighted by atomic mass is 9.66. The Bertz CT molecular complexity index is 468. The van der Waals surface area contributed by atoms with Crippen molar-refractivity contribution in [1.29, 1.82) is 0 Å². The summed E-state index contributed by atoms with van der Waals surface area (Å²) in [6.07, 6.45) is 5.25. The van der Waals surface area contributed by atoms with Gasteiger partial charge in [0.15, 0.2) is 0 Å². The number of nitrogens with one attached hydrogen (secondary N) is 1. The van der Waals surface area contributed by atoms with Crippen molar-refractivity contribution in [3.05, 3.63) is 35.9 Å². The molecule has 1 amide bonds. The van der Waals surface area contributed by atoms with Gasteiger partial charge >= 0.3 is 0 Å². The van der Waals surface area contributed by atoms with Crippen LogP contribution in [0.5, 0.6) is 0 Å². The van der Waals surface area contributed by atoms with Gasteiger partial charge in [-0.15, -0.1) is 0 Å². The average molecular weight is 287 g/mol. The van der Waals surface area contributed by atoms with Gasteiger partial charge in [-0.25, -0.2) is 0 Å². The third-order valence-electron chi connectivity index (χ3n) is 5.22. The predicted molar refractivity (Wildman–Crippen MR) is 88.3 cm³/mol. The summed E-state index contributed by atoms with van der Waals surface area (Å²) in [4.78, 5) is 12.5. The lowest BCUT2D eigenvalue weighted by Crippen LogP contribution is -2.49. The number of amides is 1. The van der Waals surface area contributed by atoms with Crippen molar-refractivity contribution in [3.63, 3.8) is 0 Å². The van der Waals surface area contributed by atoms with E-state index in [4.69, 9.17) is 0 Å². The van der Waals surface area contributed by atoms with E-state index in [0.29, 0.717) is 0 Å². The maximum Gasteiger partial charge on any atom is 0.226 e.